The Balaban J connectivity index is 1.46. The second-order valence-corrected chi connectivity index (χ2v) is 6.81. The number of nitriles is 1. The second kappa shape index (κ2) is 7.11. The highest BCUT2D eigenvalue weighted by atomic mass is 15.3. The van der Waals surface area contributed by atoms with Gasteiger partial charge in [0.1, 0.15) is 6.07 Å². The van der Waals surface area contributed by atoms with Crippen molar-refractivity contribution in [3.63, 3.8) is 0 Å². The van der Waals surface area contributed by atoms with Crippen LogP contribution in [-0.4, -0.2) is 41.0 Å². The molecule has 5 heteroatoms. The summed E-state index contributed by atoms with van der Waals surface area (Å²) in [6.45, 7) is 6.89. The van der Waals surface area contributed by atoms with Crippen molar-refractivity contribution in [2.75, 3.05) is 31.1 Å². The van der Waals surface area contributed by atoms with Gasteiger partial charge in [-0.1, -0.05) is 12.1 Å². The molecule has 0 N–H and O–H groups in total. The molecule has 2 aromatic heterocycles. The van der Waals surface area contributed by atoms with Crippen LogP contribution >= 0.6 is 0 Å². The first-order valence-corrected chi connectivity index (χ1v) is 8.89. The summed E-state index contributed by atoms with van der Waals surface area (Å²) in [5, 5.41) is 10.2. The molecule has 1 fully saturated rings. The minimum atomic E-state index is 0.625. The smallest absolute Gasteiger partial charge is 0.101 e. The van der Waals surface area contributed by atoms with Crippen LogP contribution in [-0.2, 0) is 6.54 Å². The number of anilines is 1. The van der Waals surface area contributed by atoms with E-state index in [1.54, 1.807) is 6.20 Å². The minimum absolute atomic E-state index is 0.625. The SMILES string of the molecule is Cc1ccc2c(N3CCN(Cc4cncc(C#N)c4)CC3)ccnc2c1. The Hall–Kier alpha value is -2.97. The van der Waals surface area contributed by atoms with Gasteiger partial charge in [-0.15, -0.1) is 0 Å². The number of hydrogen-bond donors (Lipinski definition) is 0. The first-order valence-electron chi connectivity index (χ1n) is 8.89. The molecule has 0 aliphatic carbocycles. The Labute approximate surface area is 153 Å². The van der Waals surface area contributed by atoms with Gasteiger partial charge >= 0.3 is 0 Å². The van der Waals surface area contributed by atoms with Crippen molar-refractivity contribution in [1.29, 1.82) is 5.26 Å². The predicted molar refractivity (Wildman–Crippen MR) is 103 cm³/mol. The van der Waals surface area contributed by atoms with Crippen LogP contribution in [0.1, 0.15) is 16.7 Å². The van der Waals surface area contributed by atoms with E-state index in [9.17, 15) is 0 Å². The Morgan fingerprint density at radius 2 is 1.92 bits per heavy atom. The Kier molecular flexibility index (Phi) is 4.51. The third-order valence-electron chi connectivity index (χ3n) is 4.92. The number of piperazine rings is 1. The van der Waals surface area contributed by atoms with Crippen molar-refractivity contribution in [3.05, 3.63) is 65.6 Å². The van der Waals surface area contributed by atoms with Gasteiger partial charge in [-0.3, -0.25) is 14.9 Å². The van der Waals surface area contributed by atoms with Crippen LogP contribution in [0.5, 0.6) is 0 Å². The maximum atomic E-state index is 9.02. The van der Waals surface area contributed by atoms with Crippen molar-refractivity contribution in [1.82, 2.24) is 14.9 Å². The zero-order valence-corrected chi connectivity index (χ0v) is 14.9. The monoisotopic (exact) mass is 343 g/mol. The number of benzene rings is 1. The van der Waals surface area contributed by atoms with Gasteiger partial charge in [0.25, 0.3) is 0 Å². The fourth-order valence-electron chi connectivity index (χ4n) is 3.56. The fraction of sp³-hybridized carbons (Fsp3) is 0.286. The Morgan fingerprint density at radius 1 is 1.08 bits per heavy atom. The molecule has 5 nitrogen and oxygen atoms in total. The van der Waals surface area contributed by atoms with E-state index in [-0.39, 0.29) is 0 Å². The lowest BCUT2D eigenvalue weighted by atomic mass is 10.1. The molecule has 1 aromatic carbocycles. The molecule has 130 valence electrons. The first-order chi connectivity index (χ1) is 12.7. The molecule has 3 heterocycles. The standard InChI is InChI=1S/C21H21N5/c1-16-2-3-19-20(10-16)24-5-4-21(19)26-8-6-25(7-9-26)15-18-11-17(12-22)13-23-14-18/h2-5,10-11,13-14H,6-9,15H2,1H3. The van der Waals surface area contributed by atoms with Crippen LogP contribution in [0.3, 0.4) is 0 Å². The van der Waals surface area contributed by atoms with E-state index in [2.05, 4.69) is 57.0 Å². The zero-order chi connectivity index (χ0) is 17.9. The van der Waals surface area contributed by atoms with Gasteiger partial charge in [0, 0.05) is 62.4 Å². The lowest BCUT2D eigenvalue weighted by Gasteiger charge is -2.36. The van der Waals surface area contributed by atoms with E-state index in [0.29, 0.717) is 5.56 Å². The van der Waals surface area contributed by atoms with Crippen molar-refractivity contribution in [3.8, 4) is 6.07 Å². The highest BCUT2D eigenvalue weighted by Crippen LogP contribution is 2.27. The molecule has 1 aliphatic rings. The van der Waals surface area contributed by atoms with Crippen molar-refractivity contribution in [2.24, 2.45) is 0 Å². The third-order valence-corrected chi connectivity index (χ3v) is 4.92. The molecule has 4 rings (SSSR count). The Bertz CT molecular complexity index is 968. The van der Waals surface area contributed by atoms with E-state index in [1.165, 1.54) is 16.6 Å². The number of rotatable bonds is 3. The number of pyridine rings is 2. The average molecular weight is 343 g/mol. The quantitative estimate of drug-likeness (QED) is 0.731. The molecule has 0 radical (unpaired) electrons. The lowest BCUT2D eigenvalue weighted by Crippen LogP contribution is -2.46. The van der Waals surface area contributed by atoms with Gasteiger partial charge in [-0.25, -0.2) is 0 Å². The minimum Gasteiger partial charge on any atom is -0.368 e. The maximum Gasteiger partial charge on any atom is 0.101 e. The molecule has 26 heavy (non-hydrogen) atoms. The van der Waals surface area contributed by atoms with Crippen molar-refractivity contribution >= 4 is 16.6 Å². The van der Waals surface area contributed by atoms with Crippen LogP contribution in [0.2, 0.25) is 0 Å². The van der Waals surface area contributed by atoms with Gasteiger partial charge in [0.15, 0.2) is 0 Å². The molecule has 0 bridgehead atoms. The molecule has 0 spiro atoms. The Morgan fingerprint density at radius 3 is 2.73 bits per heavy atom. The van der Waals surface area contributed by atoms with Crippen LogP contribution in [0, 0.1) is 18.3 Å². The molecule has 0 atom stereocenters. The largest absolute Gasteiger partial charge is 0.368 e. The maximum absolute atomic E-state index is 9.02. The van der Waals surface area contributed by atoms with E-state index in [1.807, 2.05) is 18.5 Å². The van der Waals surface area contributed by atoms with Crippen LogP contribution < -0.4 is 4.90 Å². The summed E-state index contributed by atoms with van der Waals surface area (Å²) in [6, 6.07) is 12.7. The third kappa shape index (κ3) is 3.37. The fourth-order valence-corrected chi connectivity index (χ4v) is 3.56. The summed E-state index contributed by atoms with van der Waals surface area (Å²) < 4.78 is 0. The molecule has 0 unspecified atom stereocenters. The summed E-state index contributed by atoms with van der Waals surface area (Å²) in [4.78, 5) is 13.5. The predicted octanol–water partition coefficient (Wildman–Crippen LogP) is 3.13. The molecular formula is C21H21N5. The number of hydrogen-bond acceptors (Lipinski definition) is 5. The number of aromatic nitrogens is 2. The van der Waals surface area contributed by atoms with E-state index in [0.717, 1.165) is 43.8 Å². The lowest BCUT2D eigenvalue weighted by molar-refractivity contribution is 0.250. The van der Waals surface area contributed by atoms with Crippen molar-refractivity contribution < 1.29 is 0 Å². The van der Waals surface area contributed by atoms with Crippen LogP contribution in [0.25, 0.3) is 10.9 Å². The van der Waals surface area contributed by atoms with E-state index < -0.39 is 0 Å². The number of aryl methyl sites for hydroxylation is 1. The summed E-state index contributed by atoms with van der Waals surface area (Å²) in [5.41, 5.74) is 5.29. The molecule has 3 aromatic rings. The van der Waals surface area contributed by atoms with E-state index >= 15 is 0 Å². The molecule has 1 saturated heterocycles. The molecule has 1 aliphatic heterocycles. The summed E-state index contributed by atoms with van der Waals surface area (Å²) in [6.07, 6.45) is 5.37. The first kappa shape index (κ1) is 16.5. The van der Waals surface area contributed by atoms with Gasteiger partial charge < -0.3 is 4.90 Å². The highest BCUT2D eigenvalue weighted by molar-refractivity contribution is 5.91. The van der Waals surface area contributed by atoms with E-state index in [4.69, 9.17) is 5.26 Å². The molecule has 0 saturated carbocycles. The number of nitrogens with zero attached hydrogens (tertiary/aromatic N) is 5. The zero-order valence-electron chi connectivity index (χ0n) is 14.9. The van der Waals surface area contributed by atoms with Gasteiger partial charge in [-0.2, -0.15) is 5.26 Å². The highest BCUT2D eigenvalue weighted by Gasteiger charge is 2.19. The molecular weight excluding hydrogens is 322 g/mol. The van der Waals surface area contributed by atoms with Gasteiger partial charge in [-0.05, 0) is 36.2 Å². The van der Waals surface area contributed by atoms with Crippen LogP contribution in [0.4, 0.5) is 5.69 Å². The summed E-state index contributed by atoms with van der Waals surface area (Å²) in [7, 11) is 0. The van der Waals surface area contributed by atoms with Crippen LogP contribution in [0.15, 0.2) is 48.9 Å². The summed E-state index contributed by atoms with van der Waals surface area (Å²) in [5.74, 6) is 0. The summed E-state index contributed by atoms with van der Waals surface area (Å²) >= 11 is 0. The molecule has 0 amide bonds. The van der Waals surface area contributed by atoms with Crippen molar-refractivity contribution in [2.45, 2.75) is 13.5 Å². The van der Waals surface area contributed by atoms with Gasteiger partial charge in [0.05, 0.1) is 11.1 Å². The second-order valence-electron chi connectivity index (χ2n) is 6.81. The normalized spacial score (nSPS) is 15.2. The topological polar surface area (TPSA) is 56.0 Å². The van der Waals surface area contributed by atoms with Gasteiger partial charge in [0.2, 0.25) is 0 Å². The average Bonchev–Trinajstić information content (AvgIpc) is 2.68. The number of fused-ring (bicyclic) bond motifs is 1.